The van der Waals surface area contributed by atoms with Gasteiger partial charge in [0.15, 0.2) is 17.1 Å². The van der Waals surface area contributed by atoms with Gasteiger partial charge in [-0.05, 0) is 63.0 Å². The largest absolute Gasteiger partial charge is 0.504 e. The van der Waals surface area contributed by atoms with Gasteiger partial charge in [-0.3, -0.25) is 0 Å². The van der Waals surface area contributed by atoms with Crippen molar-refractivity contribution in [2.45, 2.75) is 110 Å². The fourth-order valence-electron chi connectivity index (χ4n) is 6.46. The number of furan rings is 1. The second-order valence-electron chi connectivity index (χ2n) is 12.0. The number of aliphatic hydroxyl groups excluding tert-OH is 1. The Hall–Kier alpha value is -2.61. The molecule has 7 atom stereocenters. The number of esters is 1. The lowest BCUT2D eigenvalue weighted by Crippen LogP contribution is -2.54. The zero-order chi connectivity index (χ0) is 27.9. The van der Waals surface area contributed by atoms with Crippen molar-refractivity contribution in [1.82, 2.24) is 0 Å². The maximum absolute atomic E-state index is 13.7. The summed E-state index contributed by atoms with van der Waals surface area (Å²) in [6.45, 7) is 10.2. The smallest absolute Gasteiger partial charge is 0.339 e. The molecule has 0 unspecified atom stereocenters. The maximum Gasteiger partial charge on any atom is 0.339 e. The standard InChI is InChI=1S/C32H42O7/c1-6-27-19(3)11-12-32(39-27)16-24-15-23(38-32)9-7-18(2)13-20(4)26(33)10-8-22-17-36-30-28(22)25(31(35)37-24)14-21(5)29(30)34/h7-8,10,14,17,19-20,23-24,26-27,33-34H,6,9,11-13,15-16H2,1-5H3/b10-8+,18-7+/t19-,20+,23+,24-,26+,27+,32+/m0/s1. The molecule has 7 nitrogen and oxygen atoms in total. The first-order valence-corrected chi connectivity index (χ1v) is 14.4. The van der Waals surface area contributed by atoms with E-state index in [1.165, 1.54) is 11.8 Å². The molecule has 2 aromatic rings. The van der Waals surface area contributed by atoms with Crippen LogP contribution in [0.5, 0.6) is 5.75 Å². The van der Waals surface area contributed by atoms with Crippen LogP contribution >= 0.6 is 0 Å². The first-order valence-electron chi connectivity index (χ1n) is 14.4. The highest BCUT2D eigenvalue weighted by Gasteiger charge is 2.48. The van der Waals surface area contributed by atoms with E-state index in [2.05, 4.69) is 26.8 Å². The van der Waals surface area contributed by atoms with Crippen LogP contribution in [0.15, 0.2) is 34.5 Å². The van der Waals surface area contributed by atoms with E-state index in [0.29, 0.717) is 47.3 Å². The minimum absolute atomic E-state index is 0.00861. The van der Waals surface area contributed by atoms with Gasteiger partial charge >= 0.3 is 5.97 Å². The minimum Gasteiger partial charge on any atom is -0.504 e. The Balaban J connectivity index is 1.56. The zero-order valence-electron chi connectivity index (χ0n) is 23.7. The summed E-state index contributed by atoms with van der Waals surface area (Å²) in [6.07, 6.45) is 11.2. The quantitative estimate of drug-likeness (QED) is 0.304. The number of benzene rings is 1. The molecular weight excluding hydrogens is 496 g/mol. The van der Waals surface area contributed by atoms with Gasteiger partial charge in [0, 0.05) is 30.2 Å². The summed E-state index contributed by atoms with van der Waals surface area (Å²) in [5.41, 5.74) is 2.88. The Morgan fingerprint density at radius 2 is 1.92 bits per heavy atom. The molecule has 2 saturated heterocycles. The first kappa shape index (κ1) is 27.9. The first-order chi connectivity index (χ1) is 18.6. The van der Waals surface area contributed by atoms with Crippen LogP contribution in [-0.4, -0.2) is 46.4 Å². The number of carbonyl (C=O) groups is 1. The van der Waals surface area contributed by atoms with Crippen LogP contribution in [0.1, 0.15) is 94.1 Å². The van der Waals surface area contributed by atoms with E-state index in [-0.39, 0.29) is 35.6 Å². The van der Waals surface area contributed by atoms with Gasteiger partial charge in [0.2, 0.25) is 0 Å². The number of aryl methyl sites for hydroxylation is 1. The molecule has 1 aromatic carbocycles. The number of hydrogen-bond donors (Lipinski definition) is 2. The third-order valence-corrected chi connectivity index (χ3v) is 8.79. The molecule has 4 heterocycles. The lowest BCUT2D eigenvalue weighted by atomic mass is 9.85. The number of phenolic OH excluding ortho intramolecular Hbond substituents is 1. The van der Waals surface area contributed by atoms with E-state index in [0.717, 1.165) is 25.7 Å². The van der Waals surface area contributed by atoms with Crippen molar-refractivity contribution in [2.75, 3.05) is 0 Å². The van der Waals surface area contributed by atoms with Crippen LogP contribution < -0.4 is 0 Å². The van der Waals surface area contributed by atoms with Gasteiger partial charge in [-0.1, -0.05) is 44.6 Å². The maximum atomic E-state index is 13.7. The van der Waals surface area contributed by atoms with Crippen LogP contribution in [-0.2, 0) is 14.2 Å². The van der Waals surface area contributed by atoms with Crippen molar-refractivity contribution < 1.29 is 33.6 Å². The van der Waals surface area contributed by atoms with Gasteiger partial charge in [0.25, 0.3) is 0 Å². The molecule has 5 rings (SSSR count). The number of ether oxygens (including phenoxy) is 3. The molecule has 2 N–H and O–H groups in total. The topological polar surface area (TPSA) is 98.4 Å². The van der Waals surface area contributed by atoms with Crippen molar-refractivity contribution in [1.29, 1.82) is 0 Å². The highest BCUT2D eigenvalue weighted by atomic mass is 16.7. The summed E-state index contributed by atoms with van der Waals surface area (Å²) in [6, 6.07) is 1.65. The van der Waals surface area contributed by atoms with Crippen LogP contribution in [0.25, 0.3) is 17.0 Å². The SMILES string of the molecule is CC[C@H]1O[C@]2(CC[C@@H]1C)C[C@@H]1C[C@@H](C/C=C(\C)C[C@@H](C)[C@H](O)/C=C/c3coc4c(O)c(C)cc(c34)C(=O)O1)O2. The summed E-state index contributed by atoms with van der Waals surface area (Å²) in [7, 11) is 0. The van der Waals surface area contributed by atoms with Crippen molar-refractivity contribution in [3.8, 4) is 5.75 Å². The molecule has 3 aliphatic rings. The number of carbonyl (C=O) groups excluding carboxylic acids is 1. The average molecular weight is 539 g/mol. The number of allylic oxidation sites excluding steroid dienone is 1. The summed E-state index contributed by atoms with van der Waals surface area (Å²) < 4.78 is 25.2. The van der Waals surface area contributed by atoms with Crippen molar-refractivity contribution in [2.24, 2.45) is 11.8 Å². The summed E-state index contributed by atoms with van der Waals surface area (Å²) in [4.78, 5) is 13.7. The highest BCUT2D eigenvalue weighted by molar-refractivity contribution is 6.08. The van der Waals surface area contributed by atoms with Gasteiger partial charge in [0.05, 0.1) is 30.1 Å². The molecule has 0 amide bonds. The summed E-state index contributed by atoms with van der Waals surface area (Å²) in [5.74, 6) is -0.813. The predicted molar refractivity (Wildman–Crippen MR) is 149 cm³/mol. The molecule has 1 spiro atoms. The Kier molecular flexibility index (Phi) is 7.96. The Morgan fingerprint density at radius 3 is 2.69 bits per heavy atom. The second-order valence-corrected chi connectivity index (χ2v) is 12.0. The van der Waals surface area contributed by atoms with E-state index in [1.54, 1.807) is 25.1 Å². The van der Waals surface area contributed by atoms with Crippen LogP contribution in [0.3, 0.4) is 0 Å². The fourth-order valence-corrected chi connectivity index (χ4v) is 6.46. The number of fused-ring (bicyclic) bond motifs is 2. The Morgan fingerprint density at radius 1 is 1.13 bits per heavy atom. The molecule has 2 bridgehead atoms. The number of aromatic hydroxyl groups is 1. The third-order valence-electron chi connectivity index (χ3n) is 8.79. The van der Waals surface area contributed by atoms with Gasteiger partial charge in [0.1, 0.15) is 6.10 Å². The average Bonchev–Trinajstić information content (AvgIpc) is 3.33. The third kappa shape index (κ3) is 5.67. The molecule has 1 aromatic heterocycles. The van der Waals surface area contributed by atoms with Crippen LogP contribution in [0.4, 0.5) is 0 Å². The fraction of sp³-hybridized carbons (Fsp3) is 0.594. The zero-order valence-corrected chi connectivity index (χ0v) is 23.7. The van der Waals surface area contributed by atoms with Gasteiger partial charge in [-0.2, -0.15) is 0 Å². The number of hydrogen-bond acceptors (Lipinski definition) is 7. The van der Waals surface area contributed by atoms with Crippen molar-refractivity contribution >= 4 is 23.0 Å². The Labute approximate surface area is 230 Å². The summed E-state index contributed by atoms with van der Waals surface area (Å²) >= 11 is 0. The highest BCUT2D eigenvalue weighted by Crippen LogP contribution is 2.44. The number of aliphatic hydroxyl groups is 1. The van der Waals surface area contributed by atoms with E-state index in [1.807, 2.05) is 6.92 Å². The molecule has 0 saturated carbocycles. The lowest BCUT2D eigenvalue weighted by molar-refractivity contribution is -0.334. The number of phenols is 1. The van der Waals surface area contributed by atoms with Crippen molar-refractivity contribution in [3.63, 3.8) is 0 Å². The van der Waals surface area contributed by atoms with Crippen molar-refractivity contribution in [3.05, 3.63) is 46.7 Å². The molecule has 7 heteroatoms. The monoisotopic (exact) mass is 538 g/mol. The predicted octanol–water partition coefficient (Wildman–Crippen LogP) is 6.82. The van der Waals surface area contributed by atoms with E-state index < -0.39 is 17.9 Å². The molecular formula is C32H42O7. The molecule has 2 fully saturated rings. The number of rotatable bonds is 1. The van der Waals surface area contributed by atoms with E-state index in [4.69, 9.17) is 18.6 Å². The lowest BCUT2D eigenvalue weighted by Gasteiger charge is -2.49. The van der Waals surface area contributed by atoms with Crippen LogP contribution in [0, 0.1) is 18.8 Å². The van der Waals surface area contributed by atoms with E-state index >= 15 is 0 Å². The van der Waals surface area contributed by atoms with Gasteiger partial charge in [-0.25, -0.2) is 4.79 Å². The molecule has 3 aliphatic heterocycles. The molecule has 39 heavy (non-hydrogen) atoms. The molecule has 0 aliphatic carbocycles. The van der Waals surface area contributed by atoms with Gasteiger partial charge in [-0.15, -0.1) is 0 Å². The second kappa shape index (κ2) is 11.1. The normalized spacial score (nSPS) is 36.4. The minimum atomic E-state index is -0.776. The summed E-state index contributed by atoms with van der Waals surface area (Å²) in [5, 5.41) is 22.0. The van der Waals surface area contributed by atoms with Gasteiger partial charge < -0.3 is 28.8 Å². The van der Waals surface area contributed by atoms with Crippen LogP contribution in [0.2, 0.25) is 0 Å². The Bertz CT molecular complexity index is 1270. The van der Waals surface area contributed by atoms with E-state index in [9.17, 15) is 15.0 Å². The molecule has 212 valence electrons. The molecule has 0 radical (unpaired) electrons.